The molecule has 0 amide bonds. The van der Waals surface area contributed by atoms with Gasteiger partial charge in [0, 0.05) is 28.9 Å². The highest BCUT2D eigenvalue weighted by Gasteiger charge is 2.31. The summed E-state index contributed by atoms with van der Waals surface area (Å²) in [5.41, 5.74) is 2.50. The fourth-order valence-corrected chi connectivity index (χ4v) is 2.78. The normalized spacial score (nSPS) is 21.4. The number of anilines is 1. The third kappa shape index (κ3) is 2.19. The van der Waals surface area contributed by atoms with E-state index in [4.69, 9.17) is 9.47 Å². The van der Waals surface area contributed by atoms with Crippen molar-refractivity contribution in [2.75, 3.05) is 19.5 Å². The number of hydrogen-bond acceptors (Lipinski definition) is 3. The lowest BCUT2D eigenvalue weighted by Gasteiger charge is -2.38. The molecule has 0 saturated heterocycles. The predicted octanol–water partition coefficient (Wildman–Crippen LogP) is 3.40. The molecule has 1 heterocycles. The van der Waals surface area contributed by atoms with E-state index in [0.717, 1.165) is 23.6 Å². The molecule has 1 aromatic rings. The van der Waals surface area contributed by atoms with Crippen molar-refractivity contribution in [2.24, 2.45) is 0 Å². The van der Waals surface area contributed by atoms with Crippen molar-refractivity contribution in [2.45, 2.75) is 38.6 Å². The lowest BCUT2D eigenvalue weighted by atomic mass is 9.81. The first-order chi connectivity index (χ1) is 7.96. The van der Waals surface area contributed by atoms with Gasteiger partial charge in [-0.3, -0.25) is 0 Å². The SMILES string of the molecule is COc1cc2c(c(OC)c1)C(C)CC(C)(C)N2. The average Bonchev–Trinajstić information content (AvgIpc) is 2.25. The molecule has 0 aromatic heterocycles. The fourth-order valence-electron chi connectivity index (χ4n) is 2.78. The molecule has 3 heteroatoms. The highest BCUT2D eigenvalue weighted by atomic mass is 16.5. The van der Waals surface area contributed by atoms with Gasteiger partial charge in [-0.15, -0.1) is 0 Å². The topological polar surface area (TPSA) is 30.5 Å². The molecular formula is C14H21NO2. The largest absolute Gasteiger partial charge is 0.497 e. The minimum absolute atomic E-state index is 0.115. The number of methoxy groups -OCH3 is 2. The van der Waals surface area contributed by atoms with Crippen LogP contribution in [0.25, 0.3) is 0 Å². The van der Waals surface area contributed by atoms with Crippen LogP contribution >= 0.6 is 0 Å². The van der Waals surface area contributed by atoms with Crippen molar-refractivity contribution in [1.82, 2.24) is 0 Å². The molecule has 1 aromatic carbocycles. The van der Waals surface area contributed by atoms with E-state index < -0.39 is 0 Å². The summed E-state index contributed by atoms with van der Waals surface area (Å²) in [6.45, 7) is 6.69. The molecule has 1 aliphatic rings. The van der Waals surface area contributed by atoms with Gasteiger partial charge in [0.2, 0.25) is 0 Å². The highest BCUT2D eigenvalue weighted by Crippen LogP contribution is 2.45. The molecule has 1 N–H and O–H groups in total. The first-order valence-corrected chi connectivity index (χ1v) is 6.01. The Morgan fingerprint density at radius 3 is 2.53 bits per heavy atom. The van der Waals surface area contributed by atoms with Crippen molar-refractivity contribution in [3.63, 3.8) is 0 Å². The zero-order valence-corrected chi connectivity index (χ0v) is 11.3. The van der Waals surface area contributed by atoms with Crippen LogP contribution in [0.3, 0.4) is 0 Å². The van der Waals surface area contributed by atoms with E-state index in [1.54, 1.807) is 14.2 Å². The van der Waals surface area contributed by atoms with Crippen molar-refractivity contribution < 1.29 is 9.47 Å². The Morgan fingerprint density at radius 1 is 1.24 bits per heavy atom. The molecule has 3 nitrogen and oxygen atoms in total. The third-order valence-electron chi connectivity index (χ3n) is 3.35. The maximum Gasteiger partial charge on any atom is 0.128 e. The molecule has 0 aliphatic carbocycles. The molecule has 2 rings (SSSR count). The summed E-state index contributed by atoms with van der Waals surface area (Å²) in [5, 5.41) is 3.56. The van der Waals surface area contributed by atoms with Gasteiger partial charge in [-0.2, -0.15) is 0 Å². The van der Waals surface area contributed by atoms with Crippen LogP contribution in [0, 0.1) is 0 Å². The highest BCUT2D eigenvalue weighted by molar-refractivity contribution is 5.65. The molecule has 0 saturated carbocycles. The van der Waals surface area contributed by atoms with Gasteiger partial charge >= 0.3 is 0 Å². The van der Waals surface area contributed by atoms with Crippen molar-refractivity contribution in [3.8, 4) is 11.5 Å². The van der Waals surface area contributed by atoms with Crippen molar-refractivity contribution in [3.05, 3.63) is 17.7 Å². The molecule has 17 heavy (non-hydrogen) atoms. The lowest BCUT2D eigenvalue weighted by molar-refractivity contribution is 0.378. The Kier molecular flexibility index (Phi) is 2.94. The van der Waals surface area contributed by atoms with Crippen LogP contribution in [-0.4, -0.2) is 19.8 Å². The minimum Gasteiger partial charge on any atom is -0.497 e. The van der Waals surface area contributed by atoms with Crippen LogP contribution < -0.4 is 14.8 Å². The van der Waals surface area contributed by atoms with Gasteiger partial charge < -0.3 is 14.8 Å². The second-order valence-corrected chi connectivity index (χ2v) is 5.40. The van der Waals surface area contributed by atoms with E-state index in [2.05, 4.69) is 32.2 Å². The van der Waals surface area contributed by atoms with Crippen molar-refractivity contribution >= 4 is 5.69 Å². The van der Waals surface area contributed by atoms with Crippen LogP contribution in [0.5, 0.6) is 11.5 Å². The van der Waals surface area contributed by atoms with Gasteiger partial charge in [0.15, 0.2) is 0 Å². The van der Waals surface area contributed by atoms with Crippen molar-refractivity contribution in [1.29, 1.82) is 0 Å². The first kappa shape index (κ1) is 12.1. The van der Waals surface area contributed by atoms with Crippen LogP contribution in [-0.2, 0) is 0 Å². The van der Waals surface area contributed by atoms with E-state index in [-0.39, 0.29) is 5.54 Å². The Hall–Kier alpha value is -1.38. The quantitative estimate of drug-likeness (QED) is 0.852. The summed E-state index contributed by atoms with van der Waals surface area (Å²) < 4.78 is 10.8. The van der Waals surface area contributed by atoms with E-state index >= 15 is 0 Å². The summed E-state index contributed by atoms with van der Waals surface area (Å²) in [6, 6.07) is 4.00. The maximum atomic E-state index is 5.47. The van der Waals surface area contributed by atoms with E-state index in [0.29, 0.717) is 5.92 Å². The Morgan fingerprint density at radius 2 is 1.94 bits per heavy atom. The number of benzene rings is 1. The molecule has 0 fully saturated rings. The van der Waals surface area contributed by atoms with Gasteiger partial charge in [0.25, 0.3) is 0 Å². The molecule has 1 aliphatic heterocycles. The molecule has 1 atom stereocenters. The van der Waals surface area contributed by atoms with Crippen LogP contribution in [0.15, 0.2) is 12.1 Å². The smallest absolute Gasteiger partial charge is 0.128 e. The van der Waals surface area contributed by atoms with Gasteiger partial charge in [0.1, 0.15) is 11.5 Å². The maximum absolute atomic E-state index is 5.47. The number of fused-ring (bicyclic) bond motifs is 1. The minimum atomic E-state index is 0.115. The zero-order chi connectivity index (χ0) is 12.6. The second kappa shape index (κ2) is 4.13. The molecular weight excluding hydrogens is 214 g/mol. The molecule has 0 radical (unpaired) electrons. The Balaban J connectivity index is 2.54. The molecule has 1 unspecified atom stereocenters. The van der Waals surface area contributed by atoms with E-state index in [1.807, 2.05) is 6.07 Å². The Bertz CT molecular complexity index is 426. The lowest BCUT2D eigenvalue weighted by Crippen LogP contribution is -2.36. The average molecular weight is 235 g/mol. The number of ether oxygens (including phenoxy) is 2. The zero-order valence-electron chi connectivity index (χ0n) is 11.3. The van der Waals surface area contributed by atoms with E-state index in [1.165, 1.54) is 5.56 Å². The van der Waals surface area contributed by atoms with Gasteiger partial charge in [-0.05, 0) is 26.2 Å². The van der Waals surface area contributed by atoms with Crippen LogP contribution in [0.1, 0.15) is 38.7 Å². The van der Waals surface area contributed by atoms with Gasteiger partial charge in [0.05, 0.1) is 14.2 Å². The van der Waals surface area contributed by atoms with Crippen LogP contribution in [0.4, 0.5) is 5.69 Å². The molecule has 94 valence electrons. The summed E-state index contributed by atoms with van der Waals surface area (Å²) in [4.78, 5) is 0. The monoisotopic (exact) mass is 235 g/mol. The van der Waals surface area contributed by atoms with E-state index in [9.17, 15) is 0 Å². The number of nitrogens with one attached hydrogen (secondary N) is 1. The number of hydrogen-bond donors (Lipinski definition) is 1. The first-order valence-electron chi connectivity index (χ1n) is 6.01. The summed E-state index contributed by atoms with van der Waals surface area (Å²) in [6.07, 6.45) is 1.10. The van der Waals surface area contributed by atoms with Gasteiger partial charge in [-0.25, -0.2) is 0 Å². The summed E-state index contributed by atoms with van der Waals surface area (Å²) in [7, 11) is 3.39. The summed E-state index contributed by atoms with van der Waals surface area (Å²) in [5.74, 6) is 2.23. The Labute approximate surface area is 103 Å². The predicted molar refractivity (Wildman–Crippen MR) is 70.3 cm³/mol. The number of rotatable bonds is 2. The van der Waals surface area contributed by atoms with Gasteiger partial charge in [-0.1, -0.05) is 6.92 Å². The second-order valence-electron chi connectivity index (χ2n) is 5.40. The van der Waals surface area contributed by atoms with Crippen LogP contribution in [0.2, 0.25) is 0 Å². The summed E-state index contributed by atoms with van der Waals surface area (Å²) >= 11 is 0. The molecule has 0 spiro atoms. The fraction of sp³-hybridized carbons (Fsp3) is 0.571. The molecule has 0 bridgehead atoms. The third-order valence-corrected chi connectivity index (χ3v) is 3.35. The standard InChI is InChI=1S/C14H21NO2/c1-9-8-14(2,3)15-11-6-10(16-4)7-12(17-5)13(9)11/h6-7,9,15H,8H2,1-5H3.